The fourth-order valence-corrected chi connectivity index (χ4v) is 2.97. The van der Waals surface area contributed by atoms with Gasteiger partial charge in [0.1, 0.15) is 0 Å². The lowest BCUT2D eigenvalue weighted by Gasteiger charge is -2.37. The molecule has 2 heteroatoms. The Morgan fingerprint density at radius 2 is 2.00 bits per heavy atom. The van der Waals surface area contributed by atoms with E-state index in [-0.39, 0.29) is 22.9 Å². The van der Waals surface area contributed by atoms with Gasteiger partial charge in [-0.25, -0.2) is 0 Å². The number of carbonyl (C=O) groups excluding carboxylic acids is 2. The molecule has 0 bridgehead atoms. The maximum absolute atomic E-state index is 11.6. The second-order valence-corrected chi connectivity index (χ2v) is 4.82. The third kappa shape index (κ3) is 1.07. The number of hydrogen-bond acceptors (Lipinski definition) is 2. The summed E-state index contributed by atoms with van der Waals surface area (Å²) in [5, 5.41) is 0. The van der Waals surface area contributed by atoms with Crippen molar-refractivity contribution in [3.8, 4) is 0 Å². The van der Waals surface area contributed by atoms with E-state index < -0.39 is 0 Å². The Kier molecular flexibility index (Phi) is 1.83. The summed E-state index contributed by atoms with van der Waals surface area (Å²) in [5.41, 5.74) is 0.130. The van der Waals surface area contributed by atoms with Crippen molar-refractivity contribution in [3.63, 3.8) is 0 Å². The number of hydrogen-bond donors (Lipinski definition) is 0. The molecule has 2 fully saturated rings. The minimum absolute atomic E-state index is 0.0451. The predicted molar refractivity (Wildman–Crippen MR) is 49.2 cm³/mol. The SMILES string of the molecule is C[C@@H]1CC[C@@H]2C(=O)C(=O)CC[C@@]12C. The van der Waals surface area contributed by atoms with Crippen LogP contribution in [0.25, 0.3) is 0 Å². The summed E-state index contributed by atoms with van der Waals surface area (Å²) in [4.78, 5) is 22.8. The van der Waals surface area contributed by atoms with E-state index in [1.165, 1.54) is 0 Å². The maximum atomic E-state index is 11.6. The second kappa shape index (κ2) is 2.66. The van der Waals surface area contributed by atoms with Crippen LogP contribution in [-0.2, 0) is 9.59 Å². The van der Waals surface area contributed by atoms with Crippen LogP contribution < -0.4 is 0 Å². The molecule has 0 heterocycles. The molecule has 2 saturated carbocycles. The van der Waals surface area contributed by atoms with Gasteiger partial charge in [-0.15, -0.1) is 0 Å². The smallest absolute Gasteiger partial charge is 0.201 e. The van der Waals surface area contributed by atoms with Crippen LogP contribution in [0.3, 0.4) is 0 Å². The largest absolute Gasteiger partial charge is 0.291 e. The zero-order chi connectivity index (χ0) is 9.64. The Balaban J connectivity index is 2.31. The van der Waals surface area contributed by atoms with Crippen molar-refractivity contribution in [3.05, 3.63) is 0 Å². The van der Waals surface area contributed by atoms with Gasteiger partial charge in [-0.3, -0.25) is 9.59 Å². The summed E-state index contributed by atoms with van der Waals surface area (Å²) in [7, 11) is 0. The first-order chi connectivity index (χ1) is 6.05. The average molecular weight is 180 g/mol. The lowest BCUT2D eigenvalue weighted by atomic mass is 9.65. The van der Waals surface area contributed by atoms with Crippen molar-refractivity contribution in [1.82, 2.24) is 0 Å². The number of rotatable bonds is 0. The standard InChI is InChI=1S/C11H16O2/c1-7-3-4-8-10(13)9(12)5-6-11(7,8)2/h7-8H,3-6H2,1-2H3/t7-,8-,11+/m1/s1. The topological polar surface area (TPSA) is 34.1 Å². The zero-order valence-corrected chi connectivity index (χ0v) is 8.30. The van der Waals surface area contributed by atoms with Crippen LogP contribution in [-0.4, -0.2) is 11.6 Å². The van der Waals surface area contributed by atoms with Crippen LogP contribution in [0.15, 0.2) is 0 Å². The molecule has 0 saturated heterocycles. The van der Waals surface area contributed by atoms with Crippen LogP contribution in [0.2, 0.25) is 0 Å². The molecule has 0 spiro atoms. The maximum Gasteiger partial charge on any atom is 0.201 e. The monoisotopic (exact) mass is 180 g/mol. The molecule has 2 aliphatic rings. The van der Waals surface area contributed by atoms with Crippen molar-refractivity contribution < 1.29 is 9.59 Å². The molecule has 2 rings (SSSR count). The molecule has 2 nitrogen and oxygen atoms in total. The zero-order valence-electron chi connectivity index (χ0n) is 8.30. The van der Waals surface area contributed by atoms with Crippen molar-refractivity contribution in [1.29, 1.82) is 0 Å². The van der Waals surface area contributed by atoms with Gasteiger partial charge in [-0.1, -0.05) is 13.8 Å². The highest BCUT2D eigenvalue weighted by molar-refractivity contribution is 6.38. The summed E-state index contributed by atoms with van der Waals surface area (Å²) in [6, 6.07) is 0. The minimum Gasteiger partial charge on any atom is -0.291 e. The van der Waals surface area contributed by atoms with E-state index in [1.807, 2.05) is 0 Å². The summed E-state index contributed by atoms with van der Waals surface area (Å²) < 4.78 is 0. The van der Waals surface area contributed by atoms with Gasteiger partial charge >= 0.3 is 0 Å². The fourth-order valence-electron chi connectivity index (χ4n) is 2.97. The molecule has 0 aromatic heterocycles. The van der Waals surface area contributed by atoms with Crippen molar-refractivity contribution in [2.75, 3.05) is 0 Å². The van der Waals surface area contributed by atoms with E-state index in [1.54, 1.807) is 0 Å². The van der Waals surface area contributed by atoms with Crippen LogP contribution in [0.5, 0.6) is 0 Å². The molecule has 0 aliphatic heterocycles. The van der Waals surface area contributed by atoms with Gasteiger partial charge < -0.3 is 0 Å². The average Bonchev–Trinajstić information content (AvgIpc) is 2.39. The Morgan fingerprint density at radius 3 is 2.69 bits per heavy atom. The van der Waals surface area contributed by atoms with Crippen LogP contribution in [0, 0.1) is 17.3 Å². The minimum atomic E-state index is -0.128. The van der Waals surface area contributed by atoms with Crippen LogP contribution in [0.1, 0.15) is 39.5 Å². The normalized spacial score (nSPS) is 45.1. The summed E-state index contributed by atoms with van der Waals surface area (Å²) >= 11 is 0. The predicted octanol–water partition coefficient (Wildman–Crippen LogP) is 1.97. The van der Waals surface area contributed by atoms with Gasteiger partial charge in [0, 0.05) is 12.3 Å². The number of fused-ring (bicyclic) bond motifs is 1. The summed E-state index contributed by atoms with van der Waals surface area (Å²) in [6.45, 7) is 4.39. The van der Waals surface area contributed by atoms with Gasteiger partial charge in [0.25, 0.3) is 0 Å². The Hall–Kier alpha value is -0.660. The van der Waals surface area contributed by atoms with Gasteiger partial charge in [0.05, 0.1) is 0 Å². The van der Waals surface area contributed by atoms with Crippen molar-refractivity contribution in [2.45, 2.75) is 39.5 Å². The third-order valence-electron chi connectivity index (χ3n) is 4.29. The summed E-state index contributed by atoms with van der Waals surface area (Å²) in [5.74, 6) is 0.438. The van der Waals surface area contributed by atoms with Crippen LogP contribution in [0.4, 0.5) is 0 Å². The van der Waals surface area contributed by atoms with E-state index >= 15 is 0 Å². The summed E-state index contributed by atoms with van der Waals surface area (Å²) in [6.07, 6.45) is 3.45. The fraction of sp³-hybridized carbons (Fsp3) is 0.818. The molecule has 72 valence electrons. The molecule has 0 aromatic rings. The molecule has 13 heavy (non-hydrogen) atoms. The first-order valence-corrected chi connectivity index (χ1v) is 5.13. The number of ketones is 2. The second-order valence-electron chi connectivity index (χ2n) is 4.82. The number of carbonyl (C=O) groups is 2. The molecule has 3 atom stereocenters. The van der Waals surface area contributed by atoms with E-state index in [0.717, 1.165) is 19.3 Å². The van der Waals surface area contributed by atoms with Crippen molar-refractivity contribution in [2.24, 2.45) is 17.3 Å². The Bertz CT molecular complexity index is 269. The Morgan fingerprint density at radius 1 is 1.31 bits per heavy atom. The highest BCUT2D eigenvalue weighted by atomic mass is 16.2. The molecule has 0 aromatic carbocycles. The molecule has 0 N–H and O–H groups in total. The first kappa shape index (κ1) is 8.92. The molecular weight excluding hydrogens is 164 g/mol. The molecule has 0 radical (unpaired) electrons. The Labute approximate surface area is 78.7 Å². The van der Waals surface area contributed by atoms with E-state index in [4.69, 9.17) is 0 Å². The molecule has 2 aliphatic carbocycles. The van der Waals surface area contributed by atoms with E-state index in [2.05, 4.69) is 13.8 Å². The molecule has 0 amide bonds. The highest BCUT2D eigenvalue weighted by Gasteiger charge is 2.51. The first-order valence-electron chi connectivity index (χ1n) is 5.13. The lowest BCUT2D eigenvalue weighted by molar-refractivity contribution is -0.145. The van der Waals surface area contributed by atoms with Gasteiger partial charge in [-0.05, 0) is 30.6 Å². The highest BCUT2D eigenvalue weighted by Crippen LogP contribution is 2.53. The van der Waals surface area contributed by atoms with Gasteiger partial charge in [0.15, 0.2) is 5.78 Å². The quantitative estimate of drug-likeness (QED) is 0.534. The van der Waals surface area contributed by atoms with Crippen molar-refractivity contribution >= 4 is 11.6 Å². The molecule has 0 unspecified atom stereocenters. The van der Waals surface area contributed by atoms with Gasteiger partial charge in [-0.2, -0.15) is 0 Å². The third-order valence-corrected chi connectivity index (χ3v) is 4.29. The van der Waals surface area contributed by atoms with Crippen LogP contribution >= 0.6 is 0 Å². The molecular formula is C11H16O2. The van der Waals surface area contributed by atoms with Gasteiger partial charge in [0.2, 0.25) is 5.78 Å². The lowest BCUT2D eigenvalue weighted by Crippen LogP contribution is -2.41. The number of Topliss-reactive ketones (excluding diaryl/α,β-unsaturated/α-hetero) is 2. The van der Waals surface area contributed by atoms with E-state index in [0.29, 0.717) is 12.3 Å². The van der Waals surface area contributed by atoms with E-state index in [9.17, 15) is 9.59 Å².